The largest absolute Gasteiger partial charge is 0.388 e. The van der Waals surface area contributed by atoms with Crippen molar-refractivity contribution in [2.24, 2.45) is 0 Å². The molecule has 0 amide bonds. The van der Waals surface area contributed by atoms with Crippen molar-refractivity contribution in [2.45, 2.75) is 13.2 Å². The summed E-state index contributed by atoms with van der Waals surface area (Å²) in [6, 6.07) is 0. The molecule has 0 radical (unpaired) electrons. The Bertz CT molecular complexity index is 244. The van der Waals surface area contributed by atoms with Gasteiger partial charge in [-0.1, -0.05) is 17.7 Å². The lowest BCUT2D eigenvalue weighted by Crippen LogP contribution is -2.00. The molecule has 0 atom stereocenters. The molecular formula is C7H9ClN2O. The highest BCUT2D eigenvalue weighted by Gasteiger charge is 1.96. The molecule has 60 valence electrons. The predicted molar refractivity (Wildman–Crippen MR) is 43.1 cm³/mol. The highest BCUT2D eigenvalue weighted by atomic mass is 35.5. The fourth-order valence-corrected chi connectivity index (χ4v) is 0.891. The van der Waals surface area contributed by atoms with Crippen LogP contribution in [0.25, 0.3) is 0 Å². The molecule has 1 N–H and O–H groups in total. The number of halogens is 1. The first-order valence-electron chi connectivity index (χ1n) is 3.24. The quantitative estimate of drug-likeness (QED) is 0.742. The molecule has 0 saturated carbocycles. The molecule has 11 heavy (non-hydrogen) atoms. The van der Waals surface area contributed by atoms with E-state index in [0.29, 0.717) is 12.4 Å². The summed E-state index contributed by atoms with van der Waals surface area (Å²) in [6.07, 6.45) is 5.22. The molecule has 0 bridgehead atoms. The smallest absolute Gasteiger partial charge is 0.134 e. The Balaban J connectivity index is 2.68. The third kappa shape index (κ3) is 2.06. The molecule has 1 aromatic rings. The van der Waals surface area contributed by atoms with Crippen LogP contribution in [0, 0.1) is 0 Å². The normalized spacial score (nSPS) is 11.1. The first-order chi connectivity index (χ1) is 5.38. The van der Waals surface area contributed by atoms with Gasteiger partial charge in [-0.2, -0.15) is 0 Å². The van der Waals surface area contributed by atoms with Crippen molar-refractivity contribution in [3.05, 3.63) is 29.8 Å². The Morgan fingerprint density at radius 3 is 3.18 bits per heavy atom. The van der Waals surface area contributed by atoms with Gasteiger partial charge in [0.2, 0.25) is 0 Å². The summed E-state index contributed by atoms with van der Waals surface area (Å²) in [5.74, 6) is 0.653. The highest BCUT2D eigenvalue weighted by molar-refractivity contribution is 6.25. The van der Waals surface area contributed by atoms with E-state index in [1.807, 2.05) is 4.57 Å². The second kappa shape index (κ2) is 4.16. The Morgan fingerprint density at radius 2 is 2.55 bits per heavy atom. The number of hydrogen-bond donors (Lipinski definition) is 1. The van der Waals surface area contributed by atoms with Crippen LogP contribution in [-0.2, 0) is 13.2 Å². The molecule has 0 unspecified atom stereocenters. The van der Waals surface area contributed by atoms with Crippen molar-refractivity contribution in [3.8, 4) is 0 Å². The van der Waals surface area contributed by atoms with Crippen LogP contribution in [0.5, 0.6) is 0 Å². The van der Waals surface area contributed by atoms with E-state index in [9.17, 15) is 0 Å². The number of hydrogen-bond acceptors (Lipinski definition) is 2. The first-order valence-corrected chi connectivity index (χ1v) is 3.68. The second-order valence-electron chi connectivity index (χ2n) is 2.02. The molecule has 0 saturated heterocycles. The van der Waals surface area contributed by atoms with Gasteiger partial charge in [-0.05, 0) is 0 Å². The maximum absolute atomic E-state index is 8.77. The molecule has 0 aliphatic carbocycles. The van der Waals surface area contributed by atoms with E-state index >= 15 is 0 Å². The number of imidazole rings is 1. The second-order valence-corrected chi connectivity index (χ2v) is 2.27. The molecular weight excluding hydrogens is 164 g/mol. The van der Waals surface area contributed by atoms with Crippen LogP contribution in [0.3, 0.4) is 0 Å². The van der Waals surface area contributed by atoms with Gasteiger partial charge in [-0.25, -0.2) is 4.98 Å². The summed E-state index contributed by atoms with van der Waals surface area (Å²) >= 11 is 5.34. The molecule has 4 heteroatoms. The highest BCUT2D eigenvalue weighted by Crippen LogP contribution is 1.97. The van der Waals surface area contributed by atoms with Crippen LogP contribution in [0.15, 0.2) is 24.0 Å². The zero-order valence-corrected chi connectivity index (χ0v) is 6.70. The van der Waals surface area contributed by atoms with Crippen molar-refractivity contribution in [1.29, 1.82) is 0 Å². The van der Waals surface area contributed by atoms with Gasteiger partial charge in [0, 0.05) is 24.5 Å². The van der Waals surface area contributed by atoms with E-state index in [1.54, 1.807) is 18.5 Å². The van der Waals surface area contributed by atoms with Gasteiger partial charge < -0.3 is 9.67 Å². The Kier molecular flexibility index (Phi) is 3.14. The number of nitrogens with zero attached hydrogens (tertiary/aromatic N) is 2. The number of aromatic nitrogens is 2. The Labute approximate surface area is 69.9 Å². The number of rotatable bonds is 3. The standard InChI is InChI=1S/C7H9ClN2O/c8-2-1-4-10-5-3-9-7(10)6-11/h1-3,5,11H,4,6H2/b2-1+. The van der Waals surface area contributed by atoms with E-state index in [0.717, 1.165) is 0 Å². The summed E-state index contributed by atoms with van der Waals surface area (Å²) in [5.41, 5.74) is 1.45. The van der Waals surface area contributed by atoms with E-state index in [-0.39, 0.29) is 6.61 Å². The zero-order chi connectivity index (χ0) is 8.10. The van der Waals surface area contributed by atoms with E-state index in [2.05, 4.69) is 4.98 Å². The minimum Gasteiger partial charge on any atom is -0.388 e. The fourth-order valence-electron chi connectivity index (χ4n) is 0.811. The van der Waals surface area contributed by atoms with Gasteiger partial charge in [0.05, 0.1) is 0 Å². The molecule has 1 aromatic heterocycles. The average Bonchev–Trinajstić information content (AvgIpc) is 2.47. The van der Waals surface area contributed by atoms with Gasteiger partial charge in [0.15, 0.2) is 0 Å². The molecule has 1 rings (SSSR count). The molecule has 0 fully saturated rings. The van der Waals surface area contributed by atoms with Crippen molar-refractivity contribution in [1.82, 2.24) is 9.55 Å². The lowest BCUT2D eigenvalue weighted by atomic mass is 10.5. The number of aliphatic hydroxyl groups excluding tert-OH is 1. The summed E-state index contributed by atoms with van der Waals surface area (Å²) in [6.45, 7) is 0.614. The van der Waals surface area contributed by atoms with Crippen LogP contribution >= 0.6 is 11.6 Å². The summed E-state index contributed by atoms with van der Waals surface area (Å²) in [5, 5.41) is 8.77. The van der Waals surface area contributed by atoms with Crippen molar-refractivity contribution in [2.75, 3.05) is 0 Å². The zero-order valence-electron chi connectivity index (χ0n) is 5.94. The number of allylic oxidation sites excluding steroid dienone is 1. The van der Waals surface area contributed by atoms with E-state index < -0.39 is 0 Å². The third-order valence-electron chi connectivity index (χ3n) is 1.33. The van der Waals surface area contributed by atoms with Crippen LogP contribution in [0.4, 0.5) is 0 Å². The minimum atomic E-state index is -0.0386. The molecule has 0 spiro atoms. The van der Waals surface area contributed by atoms with Crippen LogP contribution < -0.4 is 0 Å². The molecule has 0 aliphatic rings. The Morgan fingerprint density at radius 1 is 1.73 bits per heavy atom. The predicted octanol–water partition coefficient (Wildman–Crippen LogP) is 1.13. The number of aliphatic hydroxyl groups is 1. The van der Waals surface area contributed by atoms with Crippen LogP contribution in [0.2, 0.25) is 0 Å². The van der Waals surface area contributed by atoms with Crippen molar-refractivity contribution >= 4 is 11.6 Å². The maximum atomic E-state index is 8.77. The van der Waals surface area contributed by atoms with Gasteiger partial charge in [0.1, 0.15) is 12.4 Å². The summed E-state index contributed by atoms with van der Waals surface area (Å²) < 4.78 is 1.82. The molecule has 3 nitrogen and oxygen atoms in total. The van der Waals surface area contributed by atoms with E-state index in [1.165, 1.54) is 5.54 Å². The fraction of sp³-hybridized carbons (Fsp3) is 0.286. The van der Waals surface area contributed by atoms with Gasteiger partial charge in [-0.3, -0.25) is 0 Å². The van der Waals surface area contributed by atoms with Crippen molar-refractivity contribution < 1.29 is 5.11 Å². The molecule has 0 aromatic carbocycles. The lowest BCUT2D eigenvalue weighted by molar-refractivity contribution is 0.266. The monoisotopic (exact) mass is 172 g/mol. The van der Waals surface area contributed by atoms with Gasteiger partial charge in [0.25, 0.3) is 0 Å². The molecule has 0 aliphatic heterocycles. The van der Waals surface area contributed by atoms with E-state index in [4.69, 9.17) is 16.7 Å². The SMILES string of the molecule is OCc1nccn1C/C=C/Cl. The minimum absolute atomic E-state index is 0.0386. The topological polar surface area (TPSA) is 38.1 Å². The Hall–Kier alpha value is -0.800. The lowest BCUT2D eigenvalue weighted by Gasteiger charge is -1.99. The average molecular weight is 173 g/mol. The third-order valence-corrected chi connectivity index (χ3v) is 1.51. The maximum Gasteiger partial charge on any atom is 0.134 e. The van der Waals surface area contributed by atoms with Crippen LogP contribution in [-0.4, -0.2) is 14.7 Å². The van der Waals surface area contributed by atoms with Crippen LogP contribution in [0.1, 0.15) is 5.82 Å². The molecule has 1 heterocycles. The van der Waals surface area contributed by atoms with Gasteiger partial charge >= 0.3 is 0 Å². The first kappa shape index (κ1) is 8.30. The summed E-state index contributed by atoms with van der Waals surface area (Å²) in [4.78, 5) is 3.92. The summed E-state index contributed by atoms with van der Waals surface area (Å²) in [7, 11) is 0. The van der Waals surface area contributed by atoms with Gasteiger partial charge in [-0.15, -0.1) is 0 Å². The van der Waals surface area contributed by atoms with Crippen molar-refractivity contribution in [3.63, 3.8) is 0 Å².